The molecule has 1 aromatic carbocycles. The first-order chi connectivity index (χ1) is 11.6. The minimum absolute atomic E-state index is 0.0223. The maximum atomic E-state index is 12.7. The molecule has 1 aliphatic rings. The van der Waals surface area contributed by atoms with Gasteiger partial charge in [0.25, 0.3) is 0 Å². The molecule has 0 aliphatic carbocycles. The third-order valence-corrected chi connectivity index (χ3v) is 7.38. The Labute approximate surface area is 155 Å². The number of hydrogen-bond donors (Lipinski definition) is 1. The first-order valence-corrected chi connectivity index (χ1v) is 10.1. The number of hydrazone groups is 1. The normalized spacial score (nSPS) is 18.2. The van der Waals surface area contributed by atoms with Crippen LogP contribution < -0.4 is 5.43 Å². The summed E-state index contributed by atoms with van der Waals surface area (Å²) >= 11 is 12.8. The lowest BCUT2D eigenvalue weighted by Gasteiger charge is -2.16. The van der Waals surface area contributed by atoms with E-state index in [0.717, 1.165) is 23.5 Å². The molecule has 0 amide bonds. The van der Waals surface area contributed by atoms with Gasteiger partial charge in [0.05, 0.1) is 32.8 Å². The summed E-state index contributed by atoms with van der Waals surface area (Å²) in [7, 11) is -3.32. The number of sulfone groups is 1. The third-order valence-electron chi connectivity index (χ3n) is 3.50. The van der Waals surface area contributed by atoms with Crippen molar-refractivity contribution in [1.82, 2.24) is 0 Å². The lowest BCUT2D eigenvalue weighted by Crippen LogP contribution is -2.20. The molecule has 0 fully saturated rings. The predicted octanol–water partition coefficient (Wildman–Crippen LogP) is 5.07. The Balaban J connectivity index is 1.94. The number of rotatable bonds is 2. The zero-order valence-electron chi connectivity index (χ0n) is 12.2. The van der Waals surface area contributed by atoms with Crippen molar-refractivity contribution in [2.45, 2.75) is 16.8 Å². The zero-order chi connectivity index (χ0) is 18.4. The van der Waals surface area contributed by atoms with Crippen molar-refractivity contribution in [1.29, 1.82) is 0 Å². The Kier molecular flexibility index (Phi) is 4.78. The number of hydrogen-bond acceptors (Lipinski definition) is 5. The van der Waals surface area contributed by atoms with Crippen molar-refractivity contribution in [3.63, 3.8) is 0 Å². The molecular formula is C14H9Cl2F3N2O2S2. The number of fused-ring (bicyclic) bond motifs is 1. The molecule has 0 spiro atoms. The van der Waals surface area contributed by atoms with E-state index in [-0.39, 0.29) is 32.1 Å². The Morgan fingerprint density at radius 2 is 1.84 bits per heavy atom. The van der Waals surface area contributed by atoms with Gasteiger partial charge in [0.1, 0.15) is 4.21 Å². The Bertz CT molecular complexity index is 946. The standard InChI is InChI=1S/C14H9Cl2F3N2O2S2/c15-9-5-7(14(17,18)19)6-10(16)12(9)21-20-11-2-4-25(22,23)13-8(11)1-3-24-13/h1,3,5-6,21H,2,4H2/b20-11+. The number of alkyl halides is 3. The van der Waals surface area contributed by atoms with Crippen LogP contribution in [0, 0.1) is 0 Å². The van der Waals surface area contributed by atoms with Crippen molar-refractivity contribution in [3.8, 4) is 0 Å². The Morgan fingerprint density at radius 3 is 2.44 bits per heavy atom. The topological polar surface area (TPSA) is 58.5 Å². The minimum atomic E-state index is -4.57. The van der Waals surface area contributed by atoms with Gasteiger partial charge < -0.3 is 0 Å². The van der Waals surface area contributed by atoms with E-state index in [0.29, 0.717) is 11.3 Å². The fourth-order valence-electron chi connectivity index (χ4n) is 2.29. The van der Waals surface area contributed by atoms with Gasteiger partial charge in [0.15, 0.2) is 9.84 Å². The number of nitrogens with one attached hydrogen (secondary N) is 1. The Hall–Kier alpha value is -1.29. The molecule has 134 valence electrons. The lowest BCUT2D eigenvalue weighted by molar-refractivity contribution is -0.137. The van der Waals surface area contributed by atoms with Crippen LogP contribution in [0.2, 0.25) is 10.0 Å². The number of anilines is 1. The second-order valence-electron chi connectivity index (χ2n) is 5.17. The van der Waals surface area contributed by atoms with Crippen LogP contribution in [0.4, 0.5) is 18.9 Å². The molecule has 0 atom stereocenters. The predicted molar refractivity (Wildman–Crippen MR) is 92.6 cm³/mol. The summed E-state index contributed by atoms with van der Waals surface area (Å²) in [5, 5.41) is 5.27. The first-order valence-electron chi connectivity index (χ1n) is 6.79. The summed E-state index contributed by atoms with van der Waals surface area (Å²) in [6, 6.07) is 3.13. The van der Waals surface area contributed by atoms with E-state index >= 15 is 0 Å². The van der Waals surface area contributed by atoms with Gasteiger partial charge in [-0.3, -0.25) is 5.43 Å². The van der Waals surface area contributed by atoms with Crippen LogP contribution in [-0.4, -0.2) is 19.9 Å². The monoisotopic (exact) mass is 428 g/mol. The second-order valence-corrected chi connectivity index (χ2v) is 9.21. The third kappa shape index (κ3) is 3.64. The highest BCUT2D eigenvalue weighted by molar-refractivity contribution is 7.93. The molecule has 4 nitrogen and oxygen atoms in total. The molecule has 3 rings (SSSR count). The van der Waals surface area contributed by atoms with Crippen molar-refractivity contribution in [2.75, 3.05) is 11.2 Å². The van der Waals surface area contributed by atoms with E-state index in [1.807, 2.05) is 0 Å². The molecule has 0 saturated heterocycles. The van der Waals surface area contributed by atoms with Crippen LogP contribution in [0.3, 0.4) is 0 Å². The van der Waals surface area contributed by atoms with E-state index in [4.69, 9.17) is 23.2 Å². The SMILES string of the molecule is O=S1(=O)CC/C(=N\Nc2c(Cl)cc(C(F)(F)F)cc2Cl)c2ccsc21. The van der Waals surface area contributed by atoms with Gasteiger partial charge in [0, 0.05) is 12.0 Å². The van der Waals surface area contributed by atoms with Gasteiger partial charge in [0.2, 0.25) is 0 Å². The van der Waals surface area contributed by atoms with E-state index in [9.17, 15) is 21.6 Å². The number of halogens is 5. The number of thiophene rings is 1. The molecule has 1 aromatic heterocycles. The van der Waals surface area contributed by atoms with Gasteiger partial charge in [-0.25, -0.2) is 8.42 Å². The fraction of sp³-hybridized carbons (Fsp3) is 0.214. The summed E-state index contributed by atoms with van der Waals surface area (Å²) in [4.78, 5) is 0. The quantitative estimate of drug-likeness (QED) is 0.679. The van der Waals surface area contributed by atoms with Gasteiger partial charge in [-0.1, -0.05) is 23.2 Å². The molecule has 11 heteroatoms. The first kappa shape index (κ1) is 18.5. The highest BCUT2D eigenvalue weighted by Gasteiger charge is 2.32. The zero-order valence-corrected chi connectivity index (χ0v) is 15.3. The van der Waals surface area contributed by atoms with Gasteiger partial charge in [-0.05, 0) is 23.6 Å². The lowest BCUT2D eigenvalue weighted by atomic mass is 10.1. The van der Waals surface area contributed by atoms with E-state index < -0.39 is 21.6 Å². The molecule has 2 aromatic rings. The average molecular weight is 429 g/mol. The van der Waals surface area contributed by atoms with Crippen LogP contribution in [0.5, 0.6) is 0 Å². The van der Waals surface area contributed by atoms with Crippen LogP contribution in [-0.2, 0) is 16.0 Å². The molecule has 0 unspecified atom stereocenters. The van der Waals surface area contributed by atoms with Gasteiger partial charge >= 0.3 is 6.18 Å². The van der Waals surface area contributed by atoms with Crippen molar-refractivity contribution in [3.05, 3.63) is 44.8 Å². The highest BCUT2D eigenvalue weighted by atomic mass is 35.5. The summed E-state index contributed by atoms with van der Waals surface area (Å²) < 4.78 is 62.4. The smallest absolute Gasteiger partial charge is 0.275 e. The average Bonchev–Trinajstić information content (AvgIpc) is 2.98. The molecule has 1 N–H and O–H groups in total. The van der Waals surface area contributed by atoms with Crippen LogP contribution >= 0.6 is 34.5 Å². The van der Waals surface area contributed by atoms with Crippen molar-refractivity contribution >= 4 is 55.8 Å². The molecule has 0 bridgehead atoms. The number of nitrogens with zero attached hydrogens (tertiary/aromatic N) is 1. The van der Waals surface area contributed by atoms with Crippen molar-refractivity contribution < 1.29 is 21.6 Å². The fourth-order valence-corrected chi connectivity index (χ4v) is 5.68. The van der Waals surface area contributed by atoms with E-state index in [1.165, 1.54) is 0 Å². The molecule has 0 radical (unpaired) electrons. The summed E-state index contributed by atoms with van der Waals surface area (Å²) in [6.45, 7) is 0. The second kappa shape index (κ2) is 6.46. The van der Waals surface area contributed by atoms with Gasteiger partial charge in [-0.2, -0.15) is 18.3 Å². The van der Waals surface area contributed by atoms with Crippen LogP contribution in [0.15, 0.2) is 32.9 Å². The summed E-state index contributed by atoms with van der Waals surface area (Å²) in [5.41, 5.74) is 2.55. The van der Waals surface area contributed by atoms with E-state index in [1.54, 1.807) is 11.4 Å². The van der Waals surface area contributed by atoms with Gasteiger partial charge in [-0.15, -0.1) is 11.3 Å². The molecule has 2 heterocycles. The number of benzene rings is 1. The van der Waals surface area contributed by atoms with Crippen LogP contribution in [0.25, 0.3) is 0 Å². The molecular weight excluding hydrogens is 420 g/mol. The maximum Gasteiger partial charge on any atom is 0.416 e. The summed E-state index contributed by atoms with van der Waals surface area (Å²) in [6.07, 6.45) is -4.39. The molecule has 1 aliphatic heterocycles. The summed E-state index contributed by atoms with van der Waals surface area (Å²) in [5.74, 6) is -0.0878. The minimum Gasteiger partial charge on any atom is -0.275 e. The molecule has 0 saturated carbocycles. The highest BCUT2D eigenvalue weighted by Crippen LogP contribution is 2.39. The maximum absolute atomic E-state index is 12.7. The Morgan fingerprint density at radius 1 is 1.20 bits per heavy atom. The largest absolute Gasteiger partial charge is 0.416 e. The van der Waals surface area contributed by atoms with Crippen LogP contribution in [0.1, 0.15) is 17.5 Å². The van der Waals surface area contributed by atoms with E-state index in [2.05, 4.69) is 10.5 Å². The molecule has 25 heavy (non-hydrogen) atoms. The van der Waals surface area contributed by atoms with Crippen molar-refractivity contribution in [2.24, 2.45) is 5.10 Å².